The maximum atomic E-state index is 12.5. The Hall–Kier alpha value is -2.63. The van der Waals surface area contributed by atoms with E-state index in [0.29, 0.717) is 25.2 Å². The van der Waals surface area contributed by atoms with Crippen molar-refractivity contribution < 1.29 is 41.0 Å². The summed E-state index contributed by atoms with van der Waals surface area (Å²) in [5.41, 5.74) is 3.60. The van der Waals surface area contributed by atoms with Crippen LogP contribution in [0, 0.1) is 5.92 Å². The van der Waals surface area contributed by atoms with E-state index < -0.39 is 29.6 Å². The Morgan fingerprint density at radius 3 is 1.80 bits per heavy atom. The Morgan fingerprint density at radius 2 is 1.44 bits per heavy atom. The number of aliphatic hydroxyl groups is 1. The van der Waals surface area contributed by atoms with Crippen molar-refractivity contribution in [2.45, 2.75) is 79.4 Å². The van der Waals surface area contributed by atoms with Crippen LogP contribution in [0.2, 0.25) is 0 Å². The predicted octanol–water partition coefficient (Wildman–Crippen LogP) is 7.87. The van der Waals surface area contributed by atoms with Crippen molar-refractivity contribution in [3.8, 4) is 0 Å². The average Bonchev–Trinajstić information content (AvgIpc) is 2.94. The van der Waals surface area contributed by atoms with Gasteiger partial charge < -0.3 is 15.6 Å². The molecular formula is C30H46F6N2O3. The van der Waals surface area contributed by atoms with Crippen molar-refractivity contribution in [3.05, 3.63) is 70.8 Å². The molecule has 0 saturated heterocycles. The maximum absolute atomic E-state index is 12.5. The van der Waals surface area contributed by atoms with Gasteiger partial charge in [0.15, 0.2) is 0 Å². The van der Waals surface area contributed by atoms with E-state index in [0.717, 1.165) is 18.4 Å². The number of ether oxygens (including phenoxy) is 1. The summed E-state index contributed by atoms with van der Waals surface area (Å²) in [6.45, 7) is 13.2. The largest absolute Gasteiger partial charge is 0.416 e. The summed E-state index contributed by atoms with van der Waals surface area (Å²) >= 11 is 0. The molecule has 11 heteroatoms. The fourth-order valence-corrected chi connectivity index (χ4v) is 3.61. The minimum absolute atomic E-state index is 0.0892. The fraction of sp³-hybridized carbons (Fsp3) is 0.567. The summed E-state index contributed by atoms with van der Waals surface area (Å²) in [6, 6.07) is 11.4. The molecule has 0 aromatic heterocycles. The SMILES string of the molecule is CC.CC.CCCC(CO)CN(CC(N)=O)Cc1ccccc1.COC(C)c1cc(C(F)(F)F)cc(C(F)(F)F)c1. The normalized spacial score (nSPS) is 12.6. The van der Waals surface area contributed by atoms with Crippen molar-refractivity contribution in [2.24, 2.45) is 11.7 Å². The van der Waals surface area contributed by atoms with Gasteiger partial charge >= 0.3 is 12.4 Å². The highest BCUT2D eigenvalue weighted by Crippen LogP contribution is 2.37. The van der Waals surface area contributed by atoms with E-state index >= 15 is 0 Å². The van der Waals surface area contributed by atoms with Gasteiger partial charge in [-0.15, -0.1) is 0 Å². The molecule has 2 aromatic rings. The second-order valence-corrected chi connectivity index (χ2v) is 8.68. The number of carbonyl (C=O) groups is 1. The molecule has 0 heterocycles. The molecule has 3 N–H and O–H groups in total. The molecule has 0 fully saturated rings. The van der Waals surface area contributed by atoms with Gasteiger partial charge in [-0.25, -0.2) is 0 Å². The molecule has 0 spiro atoms. The third kappa shape index (κ3) is 17.0. The van der Waals surface area contributed by atoms with E-state index in [2.05, 4.69) is 6.92 Å². The van der Waals surface area contributed by atoms with E-state index in [1.165, 1.54) is 14.0 Å². The minimum atomic E-state index is -4.83. The molecule has 0 aliphatic heterocycles. The van der Waals surface area contributed by atoms with E-state index in [9.17, 15) is 36.2 Å². The van der Waals surface area contributed by atoms with Gasteiger partial charge in [0.05, 0.1) is 23.8 Å². The predicted molar refractivity (Wildman–Crippen MR) is 151 cm³/mol. The topological polar surface area (TPSA) is 75.8 Å². The van der Waals surface area contributed by atoms with Gasteiger partial charge in [0.25, 0.3) is 0 Å². The molecule has 0 bridgehead atoms. The lowest BCUT2D eigenvalue weighted by atomic mass is 10.0. The molecule has 2 rings (SSSR count). The Kier molecular flexibility index (Phi) is 20.9. The average molecular weight is 597 g/mol. The van der Waals surface area contributed by atoms with E-state index in [4.69, 9.17) is 10.5 Å². The van der Waals surface area contributed by atoms with Crippen molar-refractivity contribution >= 4 is 5.91 Å². The van der Waals surface area contributed by atoms with Crippen molar-refractivity contribution in [1.82, 2.24) is 4.90 Å². The summed E-state index contributed by atoms with van der Waals surface area (Å²) in [5, 5.41) is 9.36. The highest BCUT2D eigenvalue weighted by molar-refractivity contribution is 5.75. The van der Waals surface area contributed by atoms with Gasteiger partial charge in [0, 0.05) is 26.8 Å². The zero-order valence-electron chi connectivity index (χ0n) is 25.1. The van der Waals surface area contributed by atoms with Gasteiger partial charge in [-0.2, -0.15) is 26.3 Å². The van der Waals surface area contributed by atoms with Crippen molar-refractivity contribution in [3.63, 3.8) is 0 Å². The number of nitrogens with zero attached hydrogens (tertiary/aromatic N) is 1. The zero-order valence-corrected chi connectivity index (χ0v) is 25.1. The van der Waals surface area contributed by atoms with Crippen LogP contribution in [0.25, 0.3) is 0 Å². The number of carbonyl (C=O) groups excluding carboxylic acids is 1. The van der Waals surface area contributed by atoms with Crippen LogP contribution in [-0.2, 0) is 28.4 Å². The summed E-state index contributed by atoms with van der Waals surface area (Å²) in [4.78, 5) is 13.2. The Morgan fingerprint density at radius 1 is 0.951 bits per heavy atom. The standard InChI is InChI=1S/C15H24N2O2.C11H10F6O.2C2H6/c1-2-6-14(12-18)10-17(11-15(16)19)9-13-7-4-3-5-8-13;1-6(18-2)7-3-8(10(12,13)14)5-9(4-7)11(15,16)17;2*1-2/h3-5,7-8,14,18H,2,6,9-12H2,1H3,(H2,16,19);3-6H,1-2H3;2*1-2H3. The first-order valence-corrected chi connectivity index (χ1v) is 13.7. The lowest BCUT2D eigenvalue weighted by molar-refractivity contribution is -0.143. The Bertz CT molecular complexity index is 921. The summed E-state index contributed by atoms with van der Waals surface area (Å²) < 4.78 is 79.7. The quantitative estimate of drug-likeness (QED) is 0.259. The van der Waals surface area contributed by atoms with Gasteiger partial charge in [0.2, 0.25) is 5.91 Å². The number of benzene rings is 2. The summed E-state index contributed by atoms with van der Waals surface area (Å²) in [5.74, 6) is -0.128. The number of rotatable bonds is 11. The molecule has 236 valence electrons. The summed E-state index contributed by atoms with van der Waals surface area (Å²) in [7, 11) is 1.21. The van der Waals surface area contributed by atoms with Crippen molar-refractivity contribution in [1.29, 1.82) is 0 Å². The van der Waals surface area contributed by atoms with Crippen LogP contribution in [0.4, 0.5) is 26.3 Å². The molecule has 0 aliphatic carbocycles. The molecule has 1 amide bonds. The van der Waals surface area contributed by atoms with E-state index in [-0.39, 0.29) is 36.6 Å². The molecule has 0 radical (unpaired) electrons. The van der Waals surface area contributed by atoms with E-state index in [1.807, 2.05) is 62.9 Å². The second kappa shape index (κ2) is 21.1. The Labute approximate surface area is 240 Å². The number of amides is 1. The lowest BCUT2D eigenvalue weighted by Crippen LogP contribution is -2.37. The number of aliphatic hydroxyl groups excluding tert-OH is 1. The summed E-state index contributed by atoms with van der Waals surface area (Å²) in [6.07, 6.45) is -8.53. The molecule has 2 aromatic carbocycles. The first-order chi connectivity index (χ1) is 19.2. The van der Waals surface area contributed by atoms with Crippen LogP contribution in [0.5, 0.6) is 0 Å². The highest BCUT2D eigenvalue weighted by Gasteiger charge is 2.37. The smallest absolute Gasteiger partial charge is 0.396 e. The first-order valence-electron chi connectivity index (χ1n) is 13.7. The van der Waals surface area contributed by atoms with Gasteiger partial charge in [-0.3, -0.25) is 9.69 Å². The van der Waals surface area contributed by atoms with Crippen LogP contribution in [-0.4, -0.2) is 42.7 Å². The molecule has 0 saturated carbocycles. The maximum Gasteiger partial charge on any atom is 0.416 e. The molecule has 0 aliphatic rings. The number of hydrogen-bond acceptors (Lipinski definition) is 4. The molecule has 41 heavy (non-hydrogen) atoms. The number of nitrogens with two attached hydrogens (primary N) is 1. The number of methoxy groups -OCH3 is 1. The van der Waals surface area contributed by atoms with Gasteiger partial charge in [0.1, 0.15) is 0 Å². The number of halogens is 6. The van der Waals surface area contributed by atoms with Crippen LogP contribution in [0.3, 0.4) is 0 Å². The Balaban J connectivity index is 0. The van der Waals surface area contributed by atoms with Gasteiger partial charge in [-0.05, 0) is 48.6 Å². The third-order valence-electron chi connectivity index (χ3n) is 5.53. The monoisotopic (exact) mass is 596 g/mol. The van der Waals surface area contributed by atoms with E-state index in [1.54, 1.807) is 0 Å². The number of alkyl halides is 6. The van der Waals surface area contributed by atoms with Gasteiger partial charge in [-0.1, -0.05) is 71.4 Å². The molecule has 2 unspecified atom stereocenters. The fourth-order valence-electron chi connectivity index (χ4n) is 3.61. The second-order valence-electron chi connectivity index (χ2n) is 8.68. The van der Waals surface area contributed by atoms with Crippen molar-refractivity contribution in [2.75, 3.05) is 26.8 Å². The zero-order chi connectivity index (χ0) is 32.2. The lowest BCUT2D eigenvalue weighted by Gasteiger charge is -2.25. The van der Waals surface area contributed by atoms with Crippen LogP contribution in [0.1, 0.15) is 82.7 Å². The molecule has 5 nitrogen and oxygen atoms in total. The third-order valence-corrected chi connectivity index (χ3v) is 5.53. The van der Waals surface area contributed by atoms with Crippen LogP contribution in [0.15, 0.2) is 48.5 Å². The van der Waals surface area contributed by atoms with Crippen LogP contribution >= 0.6 is 0 Å². The highest BCUT2D eigenvalue weighted by atomic mass is 19.4. The van der Waals surface area contributed by atoms with Crippen LogP contribution < -0.4 is 5.73 Å². The first kappa shape index (κ1) is 40.5. The number of hydrogen-bond donors (Lipinski definition) is 2. The minimum Gasteiger partial charge on any atom is -0.396 e. The molecule has 2 atom stereocenters. The molecular weight excluding hydrogens is 550 g/mol. The number of primary amides is 1.